The molecule has 0 unspecified atom stereocenters. The first kappa shape index (κ1) is 21.3. The first-order valence-electron chi connectivity index (χ1n) is 9.55. The quantitative estimate of drug-likeness (QED) is 0.471. The average molecular weight is 378 g/mol. The van der Waals surface area contributed by atoms with Gasteiger partial charge in [0.25, 0.3) is 0 Å². The normalized spacial score (nSPS) is 12.3. The van der Waals surface area contributed by atoms with Crippen LogP contribution in [0.25, 0.3) is 11.1 Å². The van der Waals surface area contributed by atoms with Gasteiger partial charge in [0.1, 0.15) is 5.75 Å². The maximum atomic E-state index is 12.4. The van der Waals surface area contributed by atoms with Crippen LogP contribution in [0.1, 0.15) is 51.7 Å². The van der Waals surface area contributed by atoms with Crippen molar-refractivity contribution in [1.29, 1.82) is 0 Å². The highest BCUT2D eigenvalue weighted by molar-refractivity contribution is 5.69. The fourth-order valence-corrected chi connectivity index (χ4v) is 3.49. The van der Waals surface area contributed by atoms with Gasteiger partial charge < -0.3 is 4.74 Å². The predicted octanol–water partition coefficient (Wildman–Crippen LogP) is 7.23. The van der Waals surface area contributed by atoms with Crippen LogP contribution in [-0.4, -0.2) is 12.8 Å². The van der Waals surface area contributed by atoms with E-state index in [-0.39, 0.29) is 11.2 Å². The summed E-state index contributed by atoms with van der Waals surface area (Å²) in [5, 5.41) is 0. The summed E-state index contributed by atoms with van der Waals surface area (Å²) in [5.74, 6) is 0.239. The standard InChI is InChI=1S/C23H29F3O/c1-5-12-22(3,4)15-19-13-17(6-2)10-11-21(19)18-8-7-9-20(14-18)27-16-23(24,25)26/h7-11,13-14H,5-6,12,15-16H2,1-4H3. The number of ether oxygens (including phenoxy) is 1. The van der Waals surface area contributed by atoms with Crippen LogP contribution in [0.3, 0.4) is 0 Å². The molecule has 0 heterocycles. The molecule has 1 nitrogen and oxygen atoms in total. The number of rotatable bonds is 8. The molecule has 2 rings (SSSR count). The van der Waals surface area contributed by atoms with E-state index in [4.69, 9.17) is 4.74 Å². The molecule has 0 saturated carbocycles. The van der Waals surface area contributed by atoms with E-state index in [2.05, 4.69) is 45.9 Å². The Hall–Kier alpha value is -1.97. The van der Waals surface area contributed by atoms with E-state index >= 15 is 0 Å². The third-order valence-corrected chi connectivity index (χ3v) is 4.72. The Morgan fingerprint density at radius 3 is 2.33 bits per heavy atom. The molecule has 4 heteroatoms. The molecule has 0 aliphatic rings. The van der Waals surface area contributed by atoms with E-state index < -0.39 is 12.8 Å². The molecule has 0 aliphatic carbocycles. The summed E-state index contributed by atoms with van der Waals surface area (Å²) < 4.78 is 42.3. The van der Waals surface area contributed by atoms with Crippen molar-refractivity contribution in [1.82, 2.24) is 0 Å². The first-order chi connectivity index (χ1) is 12.6. The van der Waals surface area contributed by atoms with Gasteiger partial charge in [0.15, 0.2) is 6.61 Å². The molecule has 0 fully saturated rings. The Balaban J connectivity index is 2.37. The maximum Gasteiger partial charge on any atom is 0.422 e. The second-order valence-corrected chi connectivity index (χ2v) is 7.87. The molecule has 0 radical (unpaired) electrons. The SMILES string of the molecule is CCCC(C)(C)Cc1cc(CC)ccc1-c1cccc(OCC(F)(F)F)c1. The predicted molar refractivity (Wildman–Crippen MR) is 105 cm³/mol. The smallest absolute Gasteiger partial charge is 0.422 e. The summed E-state index contributed by atoms with van der Waals surface area (Å²) >= 11 is 0. The van der Waals surface area contributed by atoms with Crippen LogP contribution in [-0.2, 0) is 12.8 Å². The van der Waals surface area contributed by atoms with Gasteiger partial charge in [-0.05, 0) is 59.1 Å². The summed E-state index contributed by atoms with van der Waals surface area (Å²) in [6.07, 6.45) is -0.212. The zero-order valence-electron chi connectivity index (χ0n) is 16.6. The second kappa shape index (κ2) is 8.81. The van der Waals surface area contributed by atoms with Crippen LogP contribution in [0.5, 0.6) is 5.75 Å². The van der Waals surface area contributed by atoms with Gasteiger partial charge in [-0.3, -0.25) is 0 Å². The summed E-state index contributed by atoms with van der Waals surface area (Å²) in [6.45, 7) is 7.57. The number of benzene rings is 2. The van der Waals surface area contributed by atoms with Crippen molar-refractivity contribution in [3.63, 3.8) is 0 Å². The minimum atomic E-state index is -4.34. The van der Waals surface area contributed by atoms with Gasteiger partial charge in [0.2, 0.25) is 0 Å². The molecule has 0 bridgehead atoms. The Kier molecular flexibility index (Phi) is 6.96. The summed E-state index contributed by atoms with van der Waals surface area (Å²) in [7, 11) is 0. The van der Waals surface area contributed by atoms with E-state index in [1.807, 2.05) is 6.07 Å². The lowest BCUT2D eigenvalue weighted by Gasteiger charge is -2.26. The third kappa shape index (κ3) is 6.60. The third-order valence-electron chi connectivity index (χ3n) is 4.72. The molecule has 0 aromatic heterocycles. The zero-order valence-corrected chi connectivity index (χ0v) is 16.6. The van der Waals surface area contributed by atoms with Gasteiger partial charge in [-0.25, -0.2) is 0 Å². The Morgan fingerprint density at radius 1 is 0.963 bits per heavy atom. The lowest BCUT2D eigenvalue weighted by molar-refractivity contribution is -0.153. The van der Waals surface area contributed by atoms with Crippen molar-refractivity contribution in [2.24, 2.45) is 5.41 Å². The molecule has 0 N–H and O–H groups in total. The molecule has 0 saturated heterocycles. The van der Waals surface area contributed by atoms with Crippen LogP contribution < -0.4 is 4.74 Å². The molecule has 0 atom stereocenters. The lowest BCUT2D eigenvalue weighted by atomic mass is 9.79. The number of alkyl halides is 3. The van der Waals surface area contributed by atoms with Crippen LogP contribution >= 0.6 is 0 Å². The van der Waals surface area contributed by atoms with Gasteiger partial charge in [0, 0.05) is 0 Å². The fourth-order valence-electron chi connectivity index (χ4n) is 3.49. The number of halogens is 3. The fraction of sp³-hybridized carbons (Fsp3) is 0.478. The van der Waals surface area contributed by atoms with E-state index in [9.17, 15) is 13.2 Å². The summed E-state index contributed by atoms with van der Waals surface area (Å²) in [6, 6.07) is 13.3. The Bertz CT molecular complexity index is 748. The Morgan fingerprint density at radius 2 is 1.70 bits per heavy atom. The summed E-state index contributed by atoms with van der Waals surface area (Å²) in [4.78, 5) is 0. The van der Waals surface area contributed by atoms with Crippen molar-refractivity contribution in [2.75, 3.05) is 6.61 Å². The monoisotopic (exact) mass is 378 g/mol. The van der Waals surface area contributed by atoms with Gasteiger partial charge in [0.05, 0.1) is 0 Å². The highest BCUT2D eigenvalue weighted by Crippen LogP contribution is 2.34. The van der Waals surface area contributed by atoms with Gasteiger partial charge >= 0.3 is 6.18 Å². The lowest BCUT2D eigenvalue weighted by Crippen LogP contribution is -2.19. The largest absolute Gasteiger partial charge is 0.484 e. The van der Waals surface area contributed by atoms with E-state index in [0.29, 0.717) is 0 Å². The molecular formula is C23H29F3O. The topological polar surface area (TPSA) is 9.23 Å². The molecule has 27 heavy (non-hydrogen) atoms. The van der Waals surface area contributed by atoms with Crippen LogP contribution in [0.4, 0.5) is 13.2 Å². The minimum Gasteiger partial charge on any atom is -0.484 e. The number of hydrogen-bond acceptors (Lipinski definition) is 1. The molecule has 0 spiro atoms. The van der Waals surface area contributed by atoms with Crippen LogP contribution in [0.15, 0.2) is 42.5 Å². The first-order valence-corrected chi connectivity index (χ1v) is 9.55. The zero-order chi connectivity index (χ0) is 20.1. The molecule has 2 aromatic carbocycles. The van der Waals surface area contributed by atoms with E-state index in [1.165, 1.54) is 11.1 Å². The molecular weight excluding hydrogens is 349 g/mol. The van der Waals surface area contributed by atoms with Crippen molar-refractivity contribution < 1.29 is 17.9 Å². The second-order valence-electron chi connectivity index (χ2n) is 7.87. The van der Waals surface area contributed by atoms with Crippen LogP contribution in [0.2, 0.25) is 0 Å². The highest BCUT2D eigenvalue weighted by atomic mass is 19.4. The highest BCUT2D eigenvalue weighted by Gasteiger charge is 2.28. The van der Waals surface area contributed by atoms with Crippen molar-refractivity contribution >= 4 is 0 Å². The number of aryl methyl sites for hydroxylation is 1. The maximum absolute atomic E-state index is 12.4. The van der Waals surface area contributed by atoms with E-state index in [1.54, 1.807) is 18.2 Å². The average Bonchev–Trinajstić information content (AvgIpc) is 2.59. The van der Waals surface area contributed by atoms with Gasteiger partial charge in [-0.2, -0.15) is 13.2 Å². The van der Waals surface area contributed by atoms with E-state index in [0.717, 1.165) is 36.8 Å². The van der Waals surface area contributed by atoms with Crippen molar-refractivity contribution in [3.8, 4) is 16.9 Å². The Labute approximate surface area is 160 Å². The van der Waals surface area contributed by atoms with Gasteiger partial charge in [-0.1, -0.05) is 64.4 Å². The molecule has 0 amide bonds. The van der Waals surface area contributed by atoms with Crippen LogP contribution in [0, 0.1) is 5.41 Å². The molecule has 2 aromatic rings. The van der Waals surface area contributed by atoms with Crippen molar-refractivity contribution in [2.45, 2.75) is 59.6 Å². The molecule has 148 valence electrons. The number of hydrogen-bond donors (Lipinski definition) is 0. The van der Waals surface area contributed by atoms with Gasteiger partial charge in [-0.15, -0.1) is 0 Å². The summed E-state index contributed by atoms with van der Waals surface area (Å²) in [5.41, 5.74) is 4.63. The molecule has 0 aliphatic heterocycles. The van der Waals surface area contributed by atoms with Crippen molar-refractivity contribution in [3.05, 3.63) is 53.6 Å². The minimum absolute atomic E-state index is 0.167.